The third-order valence-corrected chi connectivity index (χ3v) is 19.4. The van der Waals surface area contributed by atoms with Crippen LogP contribution in [0.1, 0.15) is 135 Å². The quantitative estimate of drug-likeness (QED) is 0.0317. The van der Waals surface area contributed by atoms with Crippen molar-refractivity contribution in [2.45, 2.75) is 139 Å². The Kier molecular flexibility index (Phi) is 24.2. The van der Waals surface area contributed by atoms with E-state index in [1.807, 2.05) is 20.8 Å². The van der Waals surface area contributed by atoms with Crippen molar-refractivity contribution in [3.63, 3.8) is 0 Å². The van der Waals surface area contributed by atoms with Crippen LogP contribution in [0, 0.1) is 175 Å². The van der Waals surface area contributed by atoms with Gasteiger partial charge >= 0.3 is 6.18 Å². The Morgan fingerprint density at radius 3 is 0.798 bits per heavy atom. The molecule has 9 rings (SSSR count). The fraction of sp³-hybridized carbons (Fsp3) is 0.361. The summed E-state index contributed by atoms with van der Waals surface area (Å²) in [7, 11) is 0. The molecule has 0 aliphatic rings. The Morgan fingerprint density at radius 1 is 0.298 bits per heavy atom. The first-order valence-corrected chi connectivity index (χ1v) is 32.5. The number of hydrogen-bond acceptors (Lipinski definition) is 0. The molecule has 0 fully saturated rings. The molecular formula is C72H58BF30N. The maximum absolute atomic E-state index is 18.1. The molecule has 4 unspecified atom stereocenters. The van der Waals surface area contributed by atoms with E-state index in [1.54, 1.807) is 0 Å². The van der Waals surface area contributed by atoms with Crippen LogP contribution in [-0.4, -0.2) is 19.2 Å². The Morgan fingerprint density at radius 2 is 0.558 bits per heavy atom. The summed E-state index contributed by atoms with van der Waals surface area (Å²) in [6, 6.07) is 0.604. The predicted octanol–water partition coefficient (Wildman–Crippen LogP) is 20.6. The zero-order valence-corrected chi connectivity index (χ0v) is 55.9. The van der Waals surface area contributed by atoms with Crippen molar-refractivity contribution >= 4 is 76.8 Å². The van der Waals surface area contributed by atoms with Gasteiger partial charge in [0.15, 0.2) is 139 Å². The van der Waals surface area contributed by atoms with E-state index in [1.165, 1.54) is 0 Å². The summed E-state index contributed by atoms with van der Waals surface area (Å²) < 4.78 is 481. The summed E-state index contributed by atoms with van der Waals surface area (Å²) in [4.78, 5) is 0.443. The molecule has 0 aliphatic carbocycles. The van der Waals surface area contributed by atoms with Gasteiger partial charge in [0.1, 0.15) is 35.0 Å². The van der Waals surface area contributed by atoms with Crippen LogP contribution in [0.25, 0.3) is 43.1 Å². The molecule has 9 aromatic carbocycles. The highest BCUT2D eigenvalue weighted by molar-refractivity contribution is 7.23. The van der Waals surface area contributed by atoms with Crippen LogP contribution >= 0.6 is 0 Å². The molecule has 0 aliphatic heterocycles. The number of nitrogens with one attached hydrogen (secondary N) is 1. The van der Waals surface area contributed by atoms with Gasteiger partial charge in [-0.25, -0.2) is 114 Å². The summed E-state index contributed by atoms with van der Waals surface area (Å²) in [6.45, 7) is 13.4. The summed E-state index contributed by atoms with van der Waals surface area (Å²) in [5.74, 6) is -79.5. The van der Waals surface area contributed by atoms with Gasteiger partial charge < -0.3 is 0 Å². The highest BCUT2D eigenvalue weighted by Gasteiger charge is 2.52. The molecule has 104 heavy (non-hydrogen) atoms. The summed E-state index contributed by atoms with van der Waals surface area (Å²) in [5.41, 5.74) is -22.0. The van der Waals surface area contributed by atoms with Gasteiger partial charge in [-0.1, -0.05) is 88.0 Å². The van der Waals surface area contributed by atoms with E-state index in [-0.39, 0.29) is 11.8 Å². The van der Waals surface area contributed by atoms with Gasteiger partial charge in [-0.15, -0.1) is 21.9 Å². The molecule has 32 heteroatoms. The first-order chi connectivity index (χ1) is 48.6. The van der Waals surface area contributed by atoms with Crippen molar-refractivity contribution in [2.75, 3.05) is 13.1 Å². The number of aryl methyl sites for hydroxylation is 4. The van der Waals surface area contributed by atoms with E-state index in [9.17, 15) is 26.3 Å². The summed E-state index contributed by atoms with van der Waals surface area (Å²) >= 11 is 0. The fourth-order valence-corrected chi connectivity index (χ4v) is 14.8. The second kappa shape index (κ2) is 30.8. The van der Waals surface area contributed by atoms with Gasteiger partial charge in [-0.3, -0.25) is 4.90 Å². The Balaban J connectivity index is 0.000000371. The van der Waals surface area contributed by atoms with Gasteiger partial charge in [-0.2, -0.15) is 17.6 Å². The highest BCUT2D eigenvalue weighted by Crippen LogP contribution is 2.44. The van der Waals surface area contributed by atoms with Crippen LogP contribution in [0.4, 0.5) is 137 Å². The SMILES string of the molecule is CCCC(C)C[NH+](CC(C)CCC(CC)CCC)c1cc(F)c(F)c(C(F)(F)F)c1F.CCc1c(F)c(F)c(F)c2c(F)c(F)c(F)c([B-](c3c(F)c(F)c(F)c4c(F)c(F)c(F)c(CC)c34)(c3c(F)c(F)c(F)c4c(F)c(F)c(F)c(CC)c34)c3c(F)c(F)c(F)c4c(F)c(F)c(F)c(CC)c34)c12. The number of fused-ring (bicyclic) bond motifs is 4. The first-order valence-electron chi connectivity index (χ1n) is 32.5. The standard InChI is InChI=1S/C48H20BF24.C24H37F6N/c1-5-9-13-17(29(54)41(66)25(9)50)33(58)45(70)37(62)21(13)49(22-14-10(6-2)26(51)42(67)30(55)18(14)34(59)46(71)38(22)63,23-15-11(7-3)27(52)43(68)31(56)19(15)35(60)47(72)39(23)64)24-16-12(8-4)28(53)44(69)32(57)20(16)36(61)48(73)40(24)65;1-6-9-16(4)14-31(15-17(5)11-12-18(8-3)10-7-2)20-13-19(25)22(26)21(23(20)27)24(28,29)30/h5-8H2,1-4H3;13,16-18H,6-12,14-15H2,1-5H3/q-1;/p+1. The molecule has 9 aromatic rings. The van der Waals surface area contributed by atoms with Crippen LogP contribution in [0.15, 0.2) is 6.07 Å². The zero-order valence-electron chi connectivity index (χ0n) is 55.9. The van der Waals surface area contributed by atoms with Gasteiger partial charge in [-0.05, 0) is 94.7 Å². The van der Waals surface area contributed by atoms with Crippen LogP contribution in [0.2, 0.25) is 0 Å². The van der Waals surface area contributed by atoms with Crippen molar-refractivity contribution in [2.24, 2.45) is 17.8 Å². The zero-order chi connectivity index (χ0) is 78.2. The monoisotopic (exact) mass is 1520 g/mol. The molecular weight excluding hydrogens is 1460 g/mol. The second-order valence-electron chi connectivity index (χ2n) is 25.4. The van der Waals surface area contributed by atoms with Crippen molar-refractivity contribution in [3.05, 3.63) is 191 Å². The predicted molar refractivity (Wildman–Crippen MR) is 329 cm³/mol. The summed E-state index contributed by atoms with van der Waals surface area (Å²) in [5, 5.41) is -19.9. The third-order valence-electron chi connectivity index (χ3n) is 19.4. The van der Waals surface area contributed by atoms with E-state index < -0.39 is 294 Å². The van der Waals surface area contributed by atoms with Crippen molar-refractivity contribution in [3.8, 4) is 0 Å². The molecule has 0 saturated heterocycles. The Labute approximate surface area is 572 Å². The Bertz CT molecular complexity index is 4420. The number of hydrogen-bond donors (Lipinski definition) is 1. The second-order valence-corrected chi connectivity index (χ2v) is 25.4. The van der Waals surface area contributed by atoms with E-state index in [4.69, 9.17) is 0 Å². The molecule has 0 saturated carbocycles. The van der Waals surface area contributed by atoms with E-state index >= 15 is 105 Å². The largest absolute Gasteiger partial charge is 0.422 e. The molecule has 0 radical (unpaired) electrons. The number of quaternary nitrogens is 1. The normalized spacial score (nSPS) is 13.5. The van der Waals surface area contributed by atoms with E-state index in [0.29, 0.717) is 57.7 Å². The van der Waals surface area contributed by atoms with Crippen LogP contribution in [0.3, 0.4) is 0 Å². The maximum Gasteiger partial charge on any atom is 0.422 e. The lowest BCUT2D eigenvalue weighted by molar-refractivity contribution is -0.841. The molecule has 4 atom stereocenters. The van der Waals surface area contributed by atoms with Crippen LogP contribution in [0.5, 0.6) is 0 Å². The van der Waals surface area contributed by atoms with Crippen molar-refractivity contribution in [1.82, 2.24) is 0 Å². The molecule has 0 amide bonds. The minimum Gasteiger partial charge on any atom is -0.299 e. The van der Waals surface area contributed by atoms with Gasteiger partial charge in [0.05, 0.1) is 34.6 Å². The maximum atomic E-state index is 18.1. The fourth-order valence-electron chi connectivity index (χ4n) is 14.8. The number of alkyl halides is 3. The topological polar surface area (TPSA) is 4.44 Å². The first kappa shape index (κ1) is 81.6. The lowest BCUT2D eigenvalue weighted by atomic mass is 9.11. The average molecular weight is 1520 g/mol. The van der Waals surface area contributed by atoms with Crippen molar-refractivity contribution < 1.29 is 137 Å². The van der Waals surface area contributed by atoms with Gasteiger partial charge in [0, 0.05) is 17.9 Å². The Hall–Kier alpha value is -8.06. The molecule has 564 valence electrons. The van der Waals surface area contributed by atoms with Gasteiger partial charge in [0.25, 0.3) is 0 Å². The number of rotatable bonds is 21. The number of halogens is 30. The summed E-state index contributed by atoms with van der Waals surface area (Å²) in [6.07, 6.45) is -11.4. The van der Waals surface area contributed by atoms with Crippen LogP contribution < -0.4 is 26.8 Å². The van der Waals surface area contributed by atoms with Crippen LogP contribution in [-0.2, 0) is 31.9 Å². The lowest BCUT2D eigenvalue weighted by Gasteiger charge is -2.48. The smallest absolute Gasteiger partial charge is 0.299 e. The molecule has 0 heterocycles. The lowest BCUT2D eigenvalue weighted by Crippen LogP contribution is -3.09. The van der Waals surface area contributed by atoms with Gasteiger partial charge in [0.2, 0.25) is 0 Å². The molecule has 0 spiro atoms. The highest BCUT2D eigenvalue weighted by atomic mass is 19.4. The third kappa shape index (κ3) is 12.9. The molecule has 1 N–H and O–H groups in total. The molecule has 0 bridgehead atoms. The minimum absolute atomic E-state index is 0.108. The minimum atomic E-state index is -7.12. The molecule has 0 aromatic heterocycles. The molecule has 1 nitrogen and oxygen atoms in total. The number of benzene rings is 9. The van der Waals surface area contributed by atoms with E-state index in [0.717, 1.165) is 44.9 Å². The average Bonchev–Trinajstić information content (AvgIpc) is 0.660. The van der Waals surface area contributed by atoms with E-state index in [2.05, 4.69) is 13.8 Å². The van der Waals surface area contributed by atoms with Crippen molar-refractivity contribution in [1.29, 1.82) is 0 Å².